The molecule has 0 saturated heterocycles. The Hall–Kier alpha value is -7.24. The van der Waals surface area contributed by atoms with Crippen LogP contribution in [0.1, 0.15) is 0 Å². The minimum absolute atomic E-state index is 0.691. The highest BCUT2D eigenvalue weighted by molar-refractivity contribution is 6.06. The minimum Gasteiger partial charge on any atom is -0.277 e. The molecule has 3 heterocycles. The lowest BCUT2D eigenvalue weighted by atomic mass is 10.0. The van der Waals surface area contributed by atoms with Crippen LogP contribution in [0.5, 0.6) is 0 Å². The molecule has 0 N–H and O–H groups in total. The first-order chi connectivity index (χ1) is 26.3. The Bertz CT molecular complexity index is 2920. The summed E-state index contributed by atoms with van der Waals surface area (Å²) in [5.41, 5.74) is 11.1. The number of rotatable bonds is 6. The first-order valence-corrected chi connectivity index (χ1v) is 17.7. The van der Waals surface area contributed by atoms with E-state index in [0.717, 1.165) is 83.5 Å². The van der Waals surface area contributed by atoms with Gasteiger partial charge in [-0.05, 0) is 28.8 Å². The van der Waals surface area contributed by atoms with Gasteiger partial charge in [0.25, 0.3) is 0 Å². The molecule has 7 aromatic carbocycles. The molecule has 10 rings (SSSR count). The van der Waals surface area contributed by atoms with E-state index in [1.54, 1.807) is 0 Å². The first-order valence-electron chi connectivity index (χ1n) is 17.7. The van der Waals surface area contributed by atoms with Gasteiger partial charge in [0.05, 0.1) is 16.9 Å². The molecule has 0 spiro atoms. The van der Waals surface area contributed by atoms with Gasteiger partial charge in [-0.3, -0.25) is 4.40 Å². The summed E-state index contributed by atoms with van der Waals surface area (Å²) < 4.78 is 2.23. The van der Waals surface area contributed by atoms with Crippen LogP contribution in [0.2, 0.25) is 0 Å². The number of para-hydroxylation sites is 1. The van der Waals surface area contributed by atoms with Gasteiger partial charge in [-0.1, -0.05) is 176 Å². The van der Waals surface area contributed by atoms with Gasteiger partial charge in [0, 0.05) is 38.4 Å². The van der Waals surface area contributed by atoms with Crippen molar-refractivity contribution in [3.8, 4) is 67.8 Å². The van der Waals surface area contributed by atoms with E-state index in [2.05, 4.69) is 144 Å². The Labute approximate surface area is 306 Å². The fourth-order valence-electron chi connectivity index (χ4n) is 7.29. The molecule has 0 aliphatic carbocycles. The van der Waals surface area contributed by atoms with Gasteiger partial charge in [0.1, 0.15) is 11.5 Å². The maximum Gasteiger partial charge on any atom is 0.163 e. The highest BCUT2D eigenvalue weighted by atomic mass is 15.1. The Balaban J connectivity index is 1.11. The topological polar surface area (TPSA) is 56.0 Å². The number of hydrogen-bond acceptors (Lipinski definition) is 4. The van der Waals surface area contributed by atoms with Crippen molar-refractivity contribution >= 4 is 27.3 Å². The lowest BCUT2D eigenvalue weighted by Gasteiger charge is -2.13. The predicted octanol–water partition coefficient (Wildman–Crippen LogP) is 11.8. The number of nitrogens with zero attached hydrogens (tertiary/aromatic N) is 5. The highest BCUT2D eigenvalue weighted by Gasteiger charge is 2.21. The van der Waals surface area contributed by atoms with Gasteiger partial charge < -0.3 is 0 Å². The van der Waals surface area contributed by atoms with Crippen molar-refractivity contribution in [2.75, 3.05) is 0 Å². The molecule has 0 aliphatic heterocycles. The van der Waals surface area contributed by atoms with Gasteiger partial charge in [0.2, 0.25) is 0 Å². The van der Waals surface area contributed by atoms with Crippen molar-refractivity contribution < 1.29 is 0 Å². The molecule has 5 heteroatoms. The monoisotopic (exact) mass is 677 g/mol. The van der Waals surface area contributed by atoms with Crippen molar-refractivity contribution in [1.82, 2.24) is 24.3 Å². The number of fused-ring (bicyclic) bond motifs is 4. The molecule has 0 radical (unpaired) electrons. The molecule has 5 nitrogen and oxygen atoms in total. The van der Waals surface area contributed by atoms with Crippen LogP contribution in [-0.2, 0) is 0 Å². The van der Waals surface area contributed by atoms with Crippen LogP contribution < -0.4 is 0 Å². The van der Waals surface area contributed by atoms with Gasteiger partial charge in [-0.25, -0.2) is 19.9 Å². The molecule has 53 heavy (non-hydrogen) atoms. The second-order valence-electron chi connectivity index (χ2n) is 13.1. The van der Waals surface area contributed by atoms with E-state index in [1.165, 1.54) is 0 Å². The van der Waals surface area contributed by atoms with E-state index in [9.17, 15) is 0 Å². The maximum absolute atomic E-state index is 5.30. The maximum atomic E-state index is 5.30. The van der Waals surface area contributed by atoms with Crippen molar-refractivity contribution in [1.29, 1.82) is 0 Å². The largest absolute Gasteiger partial charge is 0.277 e. The molecule has 0 bridgehead atoms. The van der Waals surface area contributed by atoms with Crippen LogP contribution in [0.25, 0.3) is 95.1 Å². The fourth-order valence-corrected chi connectivity index (χ4v) is 7.29. The second kappa shape index (κ2) is 12.8. The number of benzene rings is 7. The Morgan fingerprint density at radius 3 is 1.58 bits per heavy atom. The smallest absolute Gasteiger partial charge is 0.163 e. The summed E-state index contributed by atoms with van der Waals surface area (Å²) in [6.07, 6.45) is 0. The zero-order valence-electron chi connectivity index (χ0n) is 28.6. The third-order valence-electron chi connectivity index (χ3n) is 9.82. The Morgan fingerprint density at radius 1 is 0.321 bits per heavy atom. The second-order valence-corrected chi connectivity index (χ2v) is 13.1. The molecule has 0 saturated carbocycles. The normalized spacial score (nSPS) is 11.4. The summed E-state index contributed by atoms with van der Waals surface area (Å²) in [5.74, 6) is 2.23. The lowest BCUT2D eigenvalue weighted by molar-refractivity contribution is 1.05. The standard InChI is InChI=1S/C48H31N5/c1-4-15-33(16-5-1)43-41-25-12-13-26-42(41)49-45(50-43)36-29-27-32(28-30-36)37-21-14-22-38(31-37)47-51-46(35-19-8-3-9-20-35)52-48-40-24-11-10-23-39(40)44(53(47)48)34-17-6-2-7-18-34/h1-31H. The Kier molecular flexibility index (Phi) is 7.40. The van der Waals surface area contributed by atoms with E-state index in [0.29, 0.717) is 11.6 Å². The molecule has 0 amide bonds. The number of aromatic nitrogens is 5. The van der Waals surface area contributed by atoms with Crippen LogP contribution >= 0.6 is 0 Å². The van der Waals surface area contributed by atoms with E-state index < -0.39 is 0 Å². The van der Waals surface area contributed by atoms with Gasteiger partial charge in [-0.15, -0.1) is 0 Å². The summed E-state index contributed by atoms with van der Waals surface area (Å²) in [6, 6.07) is 64.9. The van der Waals surface area contributed by atoms with Gasteiger partial charge >= 0.3 is 0 Å². The van der Waals surface area contributed by atoms with Crippen LogP contribution in [0.3, 0.4) is 0 Å². The molecule has 0 aliphatic rings. The van der Waals surface area contributed by atoms with Crippen LogP contribution in [0.4, 0.5) is 0 Å². The minimum atomic E-state index is 0.691. The molecule has 10 aromatic rings. The van der Waals surface area contributed by atoms with Gasteiger partial charge in [-0.2, -0.15) is 0 Å². The molecule has 0 atom stereocenters. The summed E-state index contributed by atoms with van der Waals surface area (Å²) in [7, 11) is 0. The molecule has 248 valence electrons. The third kappa shape index (κ3) is 5.43. The lowest BCUT2D eigenvalue weighted by Crippen LogP contribution is -2.03. The molecular formula is C48H31N5. The zero-order chi connectivity index (χ0) is 35.1. The van der Waals surface area contributed by atoms with Crippen LogP contribution in [0, 0.1) is 0 Å². The predicted molar refractivity (Wildman–Crippen MR) is 216 cm³/mol. The zero-order valence-corrected chi connectivity index (χ0v) is 28.6. The van der Waals surface area contributed by atoms with Crippen molar-refractivity contribution in [3.63, 3.8) is 0 Å². The van der Waals surface area contributed by atoms with E-state index in [4.69, 9.17) is 19.9 Å². The summed E-state index contributed by atoms with van der Waals surface area (Å²) in [6.45, 7) is 0. The first kappa shape index (κ1) is 30.6. The van der Waals surface area contributed by atoms with Crippen LogP contribution in [-0.4, -0.2) is 24.3 Å². The van der Waals surface area contributed by atoms with Crippen molar-refractivity contribution in [2.45, 2.75) is 0 Å². The van der Waals surface area contributed by atoms with E-state index >= 15 is 0 Å². The van der Waals surface area contributed by atoms with E-state index in [1.807, 2.05) is 48.5 Å². The quantitative estimate of drug-likeness (QED) is 0.176. The van der Waals surface area contributed by atoms with E-state index in [-0.39, 0.29) is 0 Å². The summed E-state index contributed by atoms with van der Waals surface area (Å²) in [4.78, 5) is 20.6. The molecular weight excluding hydrogens is 647 g/mol. The van der Waals surface area contributed by atoms with Crippen LogP contribution in [0.15, 0.2) is 188 Å². The fraction of sp³-hybridized carbons (Fsp3) is 0. The summed E-state index contributed by atoms with van der Waals surface area (Å²) >= 11 is 0. The summed E-state index contributed by atoms with van der Waals surface area (Å²) in [5, 5.41) is 3.26. The average molecular weight is 678 g/mol. The Morgan fingerprint density at radius 2 is 0.849 bits per heavy atom. The SMILES string of the molecule is c1ccc(-c2nc(-c3cccc(-c4ccc(-c5nc(-c6ccccc6)c6ccccc6n5)cc4)c3)n3c(-c4ccccc4)c4ccccc4c3n2)cc1. The molecule has 3 aromatic heterocycles. The molecule has 0 unspecified atom stereocenters. The highest BCUT2D eigenvalue weighted by Crippen LogP contribution is 2.38. The molecule has 0 fully saturated rings. The average Bonchev–Trinajstić information content (AvgIpc) is 3.58. The van der Waals surface area contributed by atoms with Crippen molar-refractivity contribution in [3.05, 3.63) is 188 Å². The van der Waals surface area contributed by atoms with Crippen molar-refractivity contribution in [2.24, 2.45) is 0 Å². The van der Waals surface area contributed by atoms with Gasteiger partial charge in [0.15, 0.2) is 11.6 Å². The number of hydrogen-bond donors (Lipinski definition) is 0. The third-order valence-corrected chi connectivity index (χ3v) is 9.82.